The first-order valence-corrected chi connectivity index (χ1v) is 15.0. The van der Waals surface area contributed by atoms with Crippen LogP contribution in [0.2, 0.25) is 0 Å². The van der Waals surface area contributed by atoms with E-state index in [4.69, 9.17) is 4.18 Å². The van der Waals surface area contributed by atoms with E-state index >= 15 is 0 Å². The van der Waals surface area contributed by atoms with E-state index in [0.717, 1.165) is 30.7 Å². The lowest BCUT2D eigenvalue weighted by molar-refractivity contribution is -0.130. The predicted molar refractivity (Wildman–Crippen MR) is 150 cm³/mol. The highest BCUT2D eigenvalue weighted by molar-refractivity contribution is 7.87. The van der Waals surface area contributed by atoms with E-state index in [2.05, 4.69) is 25.9 Å². The Hall–Kier alpha value is -4.53. The van der Waals surface area contributed by atoms with Gasteiger partial charge in [-0.15, -0.1) is 5.10 Å². The van der Waals surface area contributed by atoms with Crippen LogP contribution in [0.1, 0.15) is 52.1 Å². The lowest BCUT2D eigenvalue weighted by Gasteiger charge is -2.25. The highest BCUT2D eigenvalue weighted by atomic mass is 32.2. The molecule has 15 heteroatoms. The van der Waals surface area contributed by atoms with Gasteiger partial charge >= 0.3 is 16.3 Å². The number of benzene rings is 2. The topological polar surface area (TPSA) is 145 Å². The molecule has 1 saturated carbocycles. The van der Waals surface area contributed by atoms with E-state index in [1.807, 2.05) is 18.2 Å². The summed E-state index contributed by atoms with van der Waals surface area (Å²) in [6.07, 6.45) is -0.248. The maximum Gasteiger partial charge on any atom is 0.390 e. The quantitative estimate of drug-likeness (QED) is 0.237. The van der Waals surface area contributed by atoms with Crippen LogP contribution in [0.3, 0.4) is 0 Å². The summed E-state index contributed by atoms with van der Waals surface area (Å²) in [5, 5.41) is 14.6. The maximum absolute atomic E-state index is 13.8. The highest BCUT2D eigenvalue weighted by Gasteiger charge is 2.31. The van der Waals surface area contributed by atoms with Crippen molar-refractivity contribution in [2.75, 3.05) is 17.6 Å². The van der Waals surface area contributed by atoms with Crippen molar-refractivity contribution in [2.45, 2.75) is 38.4 Å². The van der Waals surface area contributed by atoms with Gasteiger partial charge in [0.25, 0.3) is 11.8 Å². The molecule has 1 fully saturated rings. The van der Waals surface area contributed by atoms with Gasteiger partial charge in [0, 0.05) is 18.8 Å². The van der Waals surface area contributed by atoms with Gasteiger partial charge in [-0.3, -0.25) is 9.59 Å². The van der Waals surface area contributed by atoms with Gasteiger partial charge in [0.1, 0.15) is 0 Å². The molecule has 0 radical (unpaired) electrons. The summed E-state index contributed by atoms with van der Waals surface area (Å²) in [6, 6.07) is 13.2. The van der Waals surface area contributed by atoms with Crippen LogP contribution in [0.5, 0.6) is 5.88 Å². The van der Waals surface area contributed by atoms with Gasteiger partial charge in [-0.2, -0.15) is 21.6 Å². The van der Waals surface area contributed by atoms with Crippen LogP contribution in [0.25, 0.3) is 10.8 Å². The lowest BCUT2D eigenvalue weighted by Crippen LogP contribution is -2.33. The van der Waals surface area contributed by atoms with Crippen molar-refractivity contribution >= 4 is 38.4 Å². The Kier molecular flexibility index (Phi) is 8.62. The zero-order chi connectivity index (χ0) is 30.6. The van der Waals surface area contributed by atoms with Gasteiger partial charge in [0.2, 0.25) is 5.88 Å². The number of alkyl halides is 3. The number of nitrogens with zero attached hydrogens (tertiary/aromatic N) is 4. The molecule has 2 amide bonds. The molecule has 0 spiro atoms. The second-order valence-electron chi connectivity index (χ2n) is 10.1. The Bertz CT molecular complexity index is 1740. The summed E-state index contributed by atoms with van der Waals surface area (Å²) in [5.41, 5.74) is 0.524. The van der Waals surface area contributed by atoms with Gasteiger partial charge in [-0.25, -0.2) is 9.67 Å². The van der Waals surface area contributed by atoms with E-state index in [0.29, 0.717) is 23.1 Å². The smallest absolute Gasteiger partial charge is 0.362 e. The maximum atomic E-state index is 13.8. The van der Waals surface area contributed by atoms with E-state index in [1.54, 1.807) is 29.1 Å². The largest absolute Gasteiger partial charge is 0.390 e. The van der Waals surface area contributed by atoms with E-state index in [1.165, 1.54) is 12.3 Å². The average molecular weight is 617 g/mol. The van der Waals surface area contributed by atoms with Crippen LogP contribution in [-0.4, -0.2) is 58.7 Å². The summed E-state index contributed by atoms with van der Waals surface area (Å²) < 4.78 is 68.5. The molecule has 0 saturated heterocycles. The second kappa shape index (κ2) is 12.4. The molecule has 0 atom stereocenters. The Morgan fingerprint density at radius 2 is 1.84 bits per heavy atom. The van der Waals surface area contributed by atoms with E-state index < -0.39 is 46.2 Å². The molecular weight excluding hydrogens is 589 g/mol. The third-order valence-corrected chi connectivity index (χ3v) is 8.13. The van der Waals surface area contributed by atoms with Crippen LogP contribution in [0, 0.1) is 5.92 Å². The molecule has 2 aromatic heterocycles. The Balaban J connectivity index is 1.46. The van der Waals surface area contributed by atoms with Crippen LogP contribution in [0.15, 0.2) is 60.9 Å². The number of carbonyl (C=O) groups is 2. The van der Waals surface area contributed by atoms with Gasteiger partial charge in [-0.05, 0) is 41.2 Å². The van der Waals surface area contributed by atoms with Crippen molar-refractivity contribution in [1.82, 2.24) is 25.3 Å². The molecule has 11 nitrogen and oxygen atoms in total. The molecule has 43 heavy (non-hydrogen) atoms. The predicted octanol–water partition coefficient (Wildman–Crippen LogP) is 4.32. The summed E-state index contributed by atoms with van der Waals surface area (Å²) in [4.78, 5) is 31.0. The lowest BCUT2D eigenvalue weighted by atomic mass is 9.85. The summed E-state index contributed by atoms with van der Waals surface area (Å²) in [7, 11) is -4.68. The van der Waals surface area contributed by atoms with Crippen molar-refractivity contribution in [3.05, 3.63) is 77.7 Å². The van der Waals surface area contributed by atoms with Crippen molar-refractivity contribution < 1.29 is 35.4 Å². The van der Waals surface area contributed by atoms with Gasteiger partial charge < -0.3 is 14.8 Å². The number of hydrogen-bond acceptors (Lipinski definition) is 8. The van der Waals surface area contributed by atoms with Gasteiger partial charge in [-0.1, -0.05) is 48.0 Å². The van der Waals surface area contributed by atoms with Crippen molar-refractivity contribution in [3.63, 3.8) is 0 Å². The van der Waals surface area contributed by atoms with Crippen LogP contribution < -0.4 is 14.8 Å². The number of carbonyl (C=O) groups excluding carboxylic acids is 2. The standard InChI is InChI=1S/C28H27F3N6O5S/c29-28(30,31)12-15-43(40,41)42-23-11-10-22(25(35-23)27(39)32-16-18-4-3-5-18)34-26(38)24-20(17-37-14-13-33-36-37)9-8-19-6-1-2-7-21(19)24/h1-2,6-11,13-14,18H,3-5,12,15-17H2,(H,32,39)(H,34,38). The average Bonchev–Trinajstić information content (AvgIpc) is 3.44. The molecule has 4 aromatic rings. The Labute approximate surface area is 244 Å². The fourth-order valence-corrected chi connectivity index (χ4v) is 5.50. The fraction of sp³-hybridized carbons (Fsp3) is 0.321. The molecule has 0 bridgehead atoms. The van der Waals surface area contributed by atoms with Gasteiger partial charge in [0.05, 0.1) is 36.2 Å². The minimum atomic E-state index is -4.71. The minimum absolute atomic E-state index is 0.0456. The number of amides is 2. The van der Waals surface area contributed by atoms with Crippen LogP contribution in [0.4, 0.5) is 18.9 Å². The molecule has 226 valence electrons. The van der Waals surface area contributed by atoms with Gasteiger partial charge in [0.15, 0.2) is 5.69 Å². The van der Waals surface area contributed by atoms with E-state index in [-0.39, 0.29) is 23.8 Å². The number of pyridine rings is 1. The summed E-state index contributed by atoms with van der Waals surface area (Å²) in [6.45, 7) is 0.567. The summed E-state index contributed by atoms with van der Waals surface area (Å²) in [5.74, 6) is -2.94. The number of fused-ring (bicyclic) bond motifs is 1. The zero-order valence-corrected chi connectivity index (χ0v) is 23.5. The number of nitrogens with one attached hydrogen (secondary N) is 2. The second-order valence-corrected chi connectivity index (χ2v) is 11.8. The number of anilines is 1. The molecule has 5 rings (SSSR count). The van der Waals surface area contributed by atoms with Crippen LogP contribution in [-0.2, 0) is 16.7 Å². The fourth-order valence-electron chi connectivity index (χ4n) is 4.58. The number of aromatic nitrogens is 4. The number of halogens is 3. The normalized spacial score (nSPS) is 13.8. The first-order valence-electron chi connectivity index (χ1n) is 13.4. The first kappa shape index (κ1) is 29.9. The molecule has 2 heterocycles. The number of rotatable bonds is 11. The third-order valence-electron chi connectivity index (χ3n) is 7.00. The Morgan fingerprint density at radius 3 is 2.53 bits per heavy atom. The van der Waals surface area contributed by atoms with Crippen molar-refractivity contribution in [3.8, 4) is 5.88 Å². The molecule has 0 unspecified atom stereocenters. The monoisotopic (exact) mass is 616 g/mol. The zero-order valence-electron chi connectivity index (χ0n) is 22.7. The molecule has 1 aliphatic carbocycles. The molecule has 0 aliphatic heterocycles. The van der Waals surface area contributed by atoms with Crippen molar-refractivity contribution in [2.24, 2.45) is 5.92 Å². The minimum Gasteiger partial charge on any atom is -0.362 e. The van der Waals surface area contributed by atoms with Crippen LogP contribution >= 0.6 is 0 Å². The summed E-state index contributed by atoms with van der Waals surface area (Å²) >= 11 is 0. The highest BCUT2D eigenvalue weighted by Crippen LogP contribution is 2.28. The SMILES string of the molecule is O=C(NCC1CCC1)c1nc(OS(=O)(=O)CCC(F)(F)F)ccc1NC(=O)c1c(Cn2ccnn2)ccc2ccccc12. The molecular formula is C28H27F3N6O5S. The molecule has 2 N–H and O–H groups in total. The Morgan fingerprint density at radius 1 is 1.05 bits per heavy atom. The van der Waals surface area contributed by atoms with E-state index in [9.17, 15) is 31.2 Å². The molecule has 2 aromatic carbocycles. The third kappa shape index (κ3) is 7.66. The molecule has 1 aliphatic rings. The number of hydrogen-bond donors (Lipinski definition) is 2. The van der Waals surface area contributed by atoms with Crippen molar-refractivity contribution in [1.29, 1.82) is 0 Å². The first-order chi connectivity index (χ1) is 20.5.